The quantitative estimate of drug-likeness (QED) is 0.684. The zero-order chi connectivity index (χ0) is 19.2. The minimum absolute atomic E-state index is 0.0537. The largest absolute Gasteiger partial charge is 0.341 e. The number of hydrogen-bond acceptors (Lipinski definition) is 4. The topological polar surface area (TPSA) is 58.1 Å². The van der Waals surface area contributed by atoms with Gasteiger partial charge in [0.1, 0.15) is 5.82 Å². The van der Waals surface area contributed by atoms with Crippen LogP contribution in [0.5, 0.6) is 0 Å². The molecule has 0 fully saturated rings. The number of pyridine rings is 2. The summed E-state index contributed by atoms with van der Waals surface area (Å²) in [6, 6.07) is 13.2. The van der Waals surface area contributed by atoms with Crippen molar-refractivity contribution in [1.29, 1.82) is 0 Å². The van der Waals surface area contributed by atoms with E-state index in [1.807, 2.05) is 37.3 Å². The van der Waals surface area contributed by atoms with Crippen LogP contribution in [-0.4, -0.2) is 34.4 Å². The average Bonchev–Trinajstić information content (AvgIpc) is 2.70. The Hall–Kier alpha value is -2.92. The Morgan fingerprint density at radius 2 is 1.93 bits per heavy atom. The third-order valence-corrected chi connectivity index (χ3v) is 4.78. The van der Waals surface area contributed by atoms with Gasteiger partial charge in [-0.1, -0.05) is 17.7 Å². The second kappa shape index (κ2) is 8.64. The third kappa shape index (κ3) is 4.83. The highest BCUT2D eigenvalue weighted by atomic mass is 35.5. The van der Waals surface area contributed by atoms with Gasteiger partial charge < -0.3 is 10.2 Å². The molecular formula is C21H21ClN4O. The van der Waals surface area contributed by atoms with Crippen molar-refractivity contribution in [1.82, 2.24) is 14.9 Å². The molecule has 0 radical (unpaired) electrons. The molecule has 0 atom stereocenters. The number of hydrogen-bond donors (Lipinski definition) is 1. The van der Waals surface area contributed by atoms with Gasteiger partial charge in [-0.25, -0.2) is 4.98 Å². The van der Waals surface area contributed by atoms with E-state index in [2.05, 4.69) is 15.3 Å². The summed E-state index contributed by atoms with van der Waals surface area (Å²) in [6.07, 6.45) is 5.89. The highest BCUT2D eigenvalue weighted by Gasteiger charge is 2.12. The Balaban J connectivity index is 1.62. The van der Waals surface area contributed by atoms with E-state index in [9.17, 15) is 4.79 Å². The number of carbonyl (C=O) groups excluding carboxylic acids is 1. The van der Waals surface area contributed by atoms with Crippen LogP contribution in [-0.2, 0) is 6.42 Å². The molecule has 0 aliphatic heterocycles. The first-order valence-electron chi connectivity index (χ1n) is 8.67. The van der Waals surface area contributed by atoms with Crippen LogP contribution in [0, 0.1) is 6.92 Å². The fourth-order valence-corrected chi connectivity index (χ4v) is 2.82. The molecule has 0 aliphatic carbocycles. The third-order valence-electron chi connectivity index (χ3n) is 4.37. The van der Waals surface area contributed by atoms with Gasteiger partial charge in [0, 0.05) is 42.9 Å². The molecule has 1 N–H and O–H groups in total. The minimum atomic E-state index is -0.0537. The molecule has 3 rings (SSSR count). The molecule has 6 heteroatoms. The van der Waals surface area contributed by atoms with Gasteiger partial charge in [0.25, 0.3) is 5.91 Å². The van der Waals surface area contributed by atoms with Crippen LogP contribution in [0.15, 0.2) is 61.1 Å². The Morgan fingerprint density at radius 3 is 2.63 bits per heavy atom. The van der Waals surface area contributed by atoms with Gasteiger partial charge in [0.15, 0.2) is 0 Å². The lowest BCUT2D eigenvalue weighted by Crippen LogP contribution is -2.28. The Kier molecular flexibility index (Phi) is 6.04. The van der Waals surface area contributed by atoms with E-state index >= 15 is 0 Å². The second-order valence-electron chi connectivity index (χ2n) is 6.30. The second-order valence-corrected chi connectivity index (χ2v) is 6.71. The van der Waals surface area contributed by atoms with Crippen molar-refractivity contribution in [3.05, 3.63) is 82.8 Å². The molecule has 0 saturated carbocycles. The lowest BCUT2D eigenvalue weighted by Gasteiger charge is -2.17. The summed E-state index contributed by atoms with van der Waals surface area (Å²) in [4.78, 5) is 22.6. The number of rotatable bonds is 6. The molecule has 3 aromatic rings. The van der Waals surface area contributed by atoms with Crippen LogP contribution in [0.25, 0.3) is 0 Å². The molecule has 5 nitrogen and oxygen atoms in total. The molecule has 138 valence electrons. The summed E-state index contributed by atoms with van der Waals surface area (Å²) in [5.74, 6) is 0.610. The molecule has 27 heavy (non-hydrogen) atoms. The first kappa shape index (κ1) is 18.9. The average molecular weight is 381 g/mol. The van der Waals surface area contributed by atoms with Crippen LogP contribution in [0.1, 0.15) is 21.5 Å². The Bertz CT molecular complexity index is 913. The standard InChI is InChI=1S/C21H21ClN4O/c1-15-18(22)4-3-5-19(15)25-20-7-6-17(14-24-20)21(27)26(2)13-10-16-8-11-23-12-9-16/h3-9,11-12,14H,10,13H2,1-2H3,(H,24,25). The van der Waals surface area contributed by atoms with Crippen molar-refractivity contribution < 1.29 is 4.79 Å². The molecule has 0 spiro atoms. The van der Waals surface area contributed by atoms with Crippen LogP contribution in [0.4, 0.5) is 11.5 Å². The van der Waals surface area contributed by atoms with Crippen molar-refractivity contribution >= 4 is 29.0 Å². The minimum Gasteiger partial charge on any atom is -0.341 e. The zero-order valence-corrected chi connectivity index (χ0v) is 16.1. The maximum atomic E-state index is 12.6. The fraction of sp³-hybridized carbons (Fsp3) is 0.190. The van der Waals surface area contributed by atoms with Crippen molar-refractivity contribution in [2.24, 2.45) is 0 Å². The van der Waals surface area contributed by atoms with Gasteiger partial charge in [0.05, 0.1) is 5.56 Å². The maximum Gasteiger partial charge on any atom is 0.255 e. The van der Waals surface area contributed by atoms with Crippen molar-refractivity contribution in [3.63, 3.8) is 0 Å². The lowest BCUT2D eigenvalue weighted by atomic mass is 10.2. The van der Waals surface area contributed by atoms with E-state index in [1.54, 1.807) is 42.7 Å². The summed E-state index contributed by atoms with van der Waals surface area (Å²) < 4.78 is 0. The predicted octanol–water partition coefficient (Wildman–Crippen LogP) is 4.50. The number of likely N-dealkylation sites (N-methyl/N-ethyl adjacent to an activating group) is 1. The predicted molar refractivity (Wildman–Crippen MR) is 109 cm³/mol. The van der Waals surface area contributed by atoms with Crippen molar-refractivity contribution in [3.8, 4) is 0 Å². The van der Waals surface area contributed by atoms with E-state index in [0.29, 0.717) is 22.9 Å². The molecule has 0 aliphatic rings. The van der Waals surface area contributed by atoms with Gasteiger partial charge in [-0.2, -0.15) is 0 Å². The Labute approximate surface area is 164 Å². The molecule has 2 aromatic heterocycles. The summed E-state index contributed by atoms with van der Waals surface area (Å²) in [6.45, 7) is 2.57. The van der Waals surface area contributed by atoms with Gasteiger partial charge in [-0.15, -0.1) is 0 Å². The van der Waals surface area contributed by atoms with Crippen molar-refractivity contribution in [2.75, 3.05) is 18.9 Å². The van der Waals surface area contributed by atoms with E-state index in [-0.39, 0.29) is 5.91 Å². The molecule has 0 bridgehead atoms. The number of nitrogens with zero attached hydrogens (tertiary/aromatic N) is 3. The zero-order valence-electron chi connectivity index (χ0n) is 15.3. The van der Waals surface area contributed by atoms with E-state index in [0.717, 1.165) is 23.2 Å². The first-order valence-corrected chi connectivity index (χ1v) is 9.05. The number of halogens is 1. The van der Waals surface area contributed by atoms with Crippen LogP contribution in [0.2, 0.25) is 5.02 Å². The van der Waals surface area contributed by atoms with E-state index in [1.165, 1.54) is 0 Å². The summed E-state index contributed by atoms with van der Waals surface area (Å²) >= 11 is 6.14. The highest BCUT2D eigenvalue weighted by molar-refractivity contribution is 6.31. The molecule has 2 heterocycles. The first-order chi connectivity index (χ1) is 13.0. The Morgan fingerprint density at radius 1 is 1.15 bits per heavy atom. The number of aromatic nitrogens is 2. The fourth-order valence-electron chi connectivity index (χ4n) is 2.64. The lowest BCUT2D eigenvalue weighted by molar-refractivity contribution is 0.0796. The van der Waals surface area contributed by atoms with Crippen molar-refractivity contribution in [2.45, 2.75) is 13.3 Å². The summed E-state index contributed by atoms with van der Waals surface area (Å²) in [7, 11) is 1.80. The normalized spacial score (nSPS) is 10.5. The molecule has 1 amide bonds. The van der Waals surface area contributed by atoms with Gasteiger partial charge in [0.2, 0.25) is 0 Å². The van der Waals surface area contributed by atoms with Gasteiger partial charge in [-0.3, -0.25) is 9.78 Å². The summed E-state index contributed by atoms with van der Waals surface area (Å²) in [5.41, 5.74) is 3.56. The SMILES string of the molecule is Cc1c(Cl)cccc1Nc1ccc(C(=O)N(C)CCc2ccncc2)cn1. The smallest absolute Gasteiger partial charge is 0.255 e. The molecule has 1 aromatic carbocycles. The number of benzene rings is 1. The number of amides is 1. The van der Waals surface area contributed by atoms with Gasteiger partial charge in [-0.05, 0) is 60.9 Å². The van der Waals surface area contributed by atoms with E-state index < -0.39 is 0 Å². The van der Waals surface area contributed by atoms with Crippen LogP contribution in [0.3, 0.4) is 0 Å². The molecule has 0 unspecified atom stereocenters. The number of nitrogens with one attached hydrogen (secondary N) is 1. The number of carbonyl (C=O) groups is 1. The van der Waals surface area contributed by atoms with Crippen LogP contribution < -0.4 is 5.32 Å². The molecule has 0 saturated heterocycles. The van der Waals surface area contributed by atoms with E-state index in [4.69, 9.17) is 11.6 Å². The highest BCUT2D eigenvalue weighted by Crippen LogP contribution is 2.25. The maximum absolute atomic E-state index is 12.6. The number of anilines is 2. The summed E-state index contributed by atoms with van der Waals surface area (Å²) in [5, 5.41) is 3.93. The van der Waals surface area contributed by atoms with Gasteiger partial charge >= 0.3 is 0 Å². The monoisotopic (exact) mass is 380 g/mol. The van der Waals surface area contributed by atoms with Crippen LogP contribution >= 0.6 is 11.6 Å². The molecular weight excluding hydrogens is 360 g/mol.